The van der Waals surface area contributed by atoms with Gasteiger partial charge in [-0.2, -0.15) is 0 Å². The van der Waals surface area contributed by atoms with Crippen LogP contribution in [0.1, 0.15) is 31.9 Å². The van der Waals surface area contributed by atoms with Crippen LogP contribution in [0.5, 0.6) is 0 Å². The third kappa shape index (κ3) is 2.48. The Labute approximate surface area is 95.1 Å². The van der Waals surface area contributed by atoms with E-state index in [0.29, 0.717) is 18.6 Å². The molecule has 0 atom stereocenters. The summed E-state index contributed by atoms with van der Waals surface area (Å²) in [5, 5.41) is 0. The van der Waals surface area contributed by atoms with Crippen molar-refractivity contribution in [2.75, 3.05) is 0 Å². The molecule has 0 spiro atoms. The standard InChI is InChI=1S/C13H16N2O/c1-2-5-12(16)8-7-11-10-15-9-4-3-6-13(15)14-11/h3-4,6,9-10H,2,5,7-8H2,1H3. The van der Waals surface area contributed by atoms with E-state index in [0.717, 1.165) is 24.2 Å². The predicted molar refractivity (Wildman–Crippen MR) is 63.4 cm³/mol. The molecule has 3 heteroatoms. The van der Waals surface area contributed by atoms with Gasteiger partial charge in [-0.15, -0.1) is 0 Å². The molecule has 0 unspecified atom stereocenters. The minimum Gasteiger partial charge on any atom is -0.307 e. The lowest BCUT2D eigenvalue weighted by atomic mass is 10.1. The van der Waals surface area contributed by atoms with Crippen LogP contribution in [-0.4, -0.2) is 15.2 Å². The zero-order valence-electron chi connectivity index (χ0n) is 9.52. The first kappa shape index (κ1) is 10.9. The highest BCUT2D eigenvalue weighted by Crippen LogP contribution is 2.07. The summed E-state index contributed by atoms with van der Waals surface area (Å²) < 4.78 is 1.99. The van der Waals surface area contributed by atoms with Crippen LogP contribution < -0.4 is 0 Å². The van der Waals surface area contributed by atoms with Gasteiger partial charge in [0, 0.05) is 25.2 Å². The van der Waals surface area contributed by atoms with Gasteiger partial charge in [-0.05, 0) is 25.0 Å². The van der Waals surface area contributed by atoms with Crippen LogP contribution in [0.3, 0.4) is 0 Å². The van der Waals surface area contributed by atoms with Gasteiger partial charge < -0.3 is 4.40 Å². The van der Waals surface area contributed by atoms with Gasteiger partial charge in [-0.25, -0.2) is 4.98 Å². The first-order chi connectivity index (χ1) is 7.79. The molecular formula is C13H16N2O. The minimum atomic E-state index is 0.333. The number of imidazole rings is 1. The largest absolute Gasteiger partial charge is 0.307 e. The molecule has 0 aromatic carbocycles. The Kier molecular flexibility index (Phi) is 3.34. The van der Waals surface area contributed by atoms with Gasteiger partial charge in [-0.3, -0.25) is 4.79 Å². The number of carbonyl (C=O) groups excluding carboxylic acids is 1. The van der Waals surface area contributed by atoms with Crippen molar-refractivity contribution in [1.29, 1.82) is 0 Å². The molecule has 0 aliphatic rings. The lowest BCUT2D eigenvalue weighted by molar-refractivity contribution is -0.119. The highest BCUT2D eigenvalue weighted by atomic mass is 16.1. The van der Waals surface area contributed by atoms with Crippen molar-refractivity contribution < 1.29 is 4.79 Å². The maximum Gasteiger partial charge on any atom is 0.136 e. The number of carbonyl (C=O) groups is 1. The molecule has 84 valence electrons. The molecule has 16 heavy (non-hydrogen) atoms. The van der Waals surface area contributed by atoms with E-state index in [1.807, 2.05) is 41.9 Å². The summed E-state index contributed by atoms with van der Waals surface area (Å²) >= 11 is 0. The maximum absolute atomic E-state index is 11.4. The number of hydrogen-bond acceptors (Lipinski definition) is 2. The van der Waals surface area contributed by atoms with Gasteiger partial charge >= 0.3 is 0 Å². The summed E-state index contributed by atoms with van der Waals surface area (Å²) in [6, 6.07) is 5.91. The minimum absolute atomic E-state index is 0.333. The predicted octanol–water partition coefficient (Wildman–Crippen LogP) is 2.64. The first-order valence-corrected chi connectivity index (χ1v) is 5.74. The highest BCUT2D eigenvalue weighted by molar-refractivity contribution is 5.78. The zero-order valence-corrected chi connectivity index (χ0v) is 9.52. The molecular weight excluding hydrogens is 200 g/mol. The van der Waals surface area contributed by atoms with Crippen molar-refractivity contribution in [3.63, 3.8) is 0 Å². The van der Waals surface area contributed by atoms with Crippen molar-refractivity contribution in [1.82, 2.24) is 9.38 Å². The van der Waals surface area contributed by atoms with Gasteiger partial charge in [0.15, 0.2) is 0 Å². The monoisotopic (exact) mass is 216 g/mol. The Morgan fingerprint density at radius 2 is 2.25 bits per heavy atom. The van der Waals surface area contributed by atoms with Crippen molar-refractivity contribution in [2.24, 2.45) is 0 Å². The van der Waals surface area contributed by atoms with E-state index in [4.69, 9.17) is 0 Å². The van der Waals surface area contributed by atoms with Gasteiger partial charge in [0.1, 0.15) is 11.4 Å². The Hall–Kier alpha value is -1.64. The molecule has 0 amide bonds. The summed E-state index contributed by atoms with van der Waals surface area (Å²) in [4.78, 5) is 15.9. The second kappa shape index (κ2) is 4.92. The fraction of sp³-hybridized carbons (Fsp3) is 0.385. The topological polar surface area (TPSA) is 34.4 Å². The summed E-state index contributed by atoms with van der Waals surface area (Å²) in [6.45, 7) is 2.03. The second-order valence-corrected chi connectivity index (χ2v) is 3.99. The van der Waals surface area contributed by atoms with Crippen LogP contribution in [0.2, 0.25) is 0 Å². The lowest BCUT2D eigenvalue weighted by Crippen LogP contribution is -1.99. The summed E-state index contributed by atoms with van der Waals surface area (Å²) in [6.07, 6.45) is 6.95. The highest BCUT2D eigenvalue weighted by Gasteiger charge is 2.04. The first-order valence-electron chi connectivity index (χ1n) is 5.74. The molecule has 2 aromatic rings. The van der Waals surface area contributed by atoms with Crippen LogP contribution in [0.25, 0.3) is 5.65 Å². The van der Waals surface area contributed by atoms with Crippen molar-refractivity contribution in [3.8, 4) is 0 Å². The number of hydrogen-bond donors (Lipinski definition) is 0. The number of fused-ring (bicyclic) bond motifs is 1. The van der Waals surface area contributed by atoms with E-state index in [9.17, 15) is 4.79 Å². The van der Waals surface area contributed by atoms with E-state index in [1.54, 1.807) is 0 Å². The summed E-state index contributed by atoms with van der Waals surface area (Å²) in [5.74, 6) is 0.333. The molecule has 0 aliphatic carbocycles. The number of ketones is 1. The molecule has 2 aromatic heterocycles. The molecule has 3 nitrogen and oxygen atoms in total. The normalized spacial score (nSPS) is 10.8. The molecule has 0 radical (unpaired) electrons. The molecule has 0 saturated carbocycles. The average molecular weight is 216 g/mol. The Bertz CT molecular complexity index is 454. The number of aromatic nitrogens is 2. The quantitative estimate of drug-likeness (QED) is 0.770. The third-order valence-electron chi connectivity index (χ3n) is 2.60. The molecule has 0 aliphatic heterocycles. The van der Waals surface area contributed by atoms with Crippen LogP contribution in [-0.2, 0) is 11.2 Å². The Morgan fingerprint density at radius 1 is 1.38 bits per heavy atom. The molecule has 2 rings (SSSR count). The zero-order chi connectivity index (χ0) is 11.4. The smallest absolute Gasteiger partial charge is 0.136 e. The van der Waals surface area contributed by atoms with E-state index >= 15 is 0 Å². The van der Waals surface area contributed by atoms with Gasteiger partial charge in [0.25, 0.3) is 0 Å². The van der Waals surface area contributed by atoms with E-state index in [1.165, 1.54) is 0 Å². The fourth-order valence-corrected chi connectivity index (χ4v) is 1.78. The summed E-state index contributed by atoms with van der Waals surface area (Å²) in [5.41, 5.74) is 1.94. The van der Waals surface area contributed by atoms with Gasteiger partial charge in [0.05, 0.1) is 5.69 Å². The summed E-state index contributed by atoms with van der Waals surface area (Å²) in [7, 11) is 0. The van der Waals surface area contributed by atoms with Crippen LogP contribution in [0.4, 0.5) is 0 Å². The van der Waals surface area contributed by atoms with Crippen LogP contribution >= 0.6 is 0 Å². The fourth-order valence-electron chi connectivity index (χ4n) is 1.78. The lowest BCUT2D eigenvalue weighted by Gasteiger charge is -1.95. The van der Waals surface area contributed by atoms with Crippen molar-refractivity contribution in [3.05, 3.63) is 36.3 Å². The maximum atomic E-state index is 11.4. The number of nitrogens with zero attached hydrogens (tertiary/aromatic N) is 2. The Balaban J connectivity index is 2.02. The van der Waals surface area contributed by atoms with E-state index < -0.39 is 0 Å². The molecule has 0 bridgehead atoms. The average Bonchev–Trinajstić information content (AvgIpc) is 2.69. The van der Waals surface area contributed by atoms with Gasteiger partial charge in [-0.1, -0.05) is 13.0 Å². The number of aryl methyl sites for hydroxylation is 1. The molecule has 0 N–H and O–H groups in total. The van der Waals surface area contributed by atoms with Gasteiger partial charge in [0.2, 0.25) is 0 Å². The second-order valence-electron chi connectivity index (χ2n) is 3.99. The van der Waals surface area contributed by atoms with E-state index in [2.05, 4.69) is 4.98 Å². The number of pyridine rings is 1. The number of rotatable bonds is 5. The Morgan fingerprint density at radius 3 is 3.00 bits per heavy atom. The molecule has 0 saturated heterocycles. The van der Waals surface area contributed by atoms with Crippen molar-refractivity contribution in [2.45, 2.75) is 32.6 Å². The molecule has 0 fully saturated rings. The van der Waals surface area contributed by atoms with Crippen LogP contribution in [0.15, 0.2) is 30.6 Å². The third-order valence-corrected chi connectivity index (χ3v) is 2.60. The van der Waals surface area contributed by atoms with E-state index in [-0.39, 0.29) is 0 Å². The molecule has 2 heterocycles. The number of Topliss-reactive ketones (excluding diaryl/α,β-unsaturated/α-hetero) is 1. The van der Waals surface area contributed by atoms with Crippen molar-refractivity contribution >= 4 is 11.4 Å². The van der Waals surface area contributed by atoms with Crippen LogP contribution in [0, 0.1) is 0 Å². The SMILES string of the molecule is CCCC(=O)CCc1cn2ccccc2n1.